The molecule has 5 N–H and O–H groups in total. The van der Waals surface area contributed by atoms with Crippen molar-refractivity contribution < 1.29 is 28.7 Å². The smallest absolute Gasteiger partial charge is 0.323 e. The zero-order chi connectivity index (χ0) is 11.7. The molecule has 0 aromatic heterocycles. The van der Waals surface area contributed by atoms with Crippen LogP contribution in [0.25, 0.3) is 0 Å². The summed E-state index contributed by atoms with van der Waals surface area (Å²) in [5.41, 5.74) is 0. The van der Waals surface area contributed by atoms with Gasteiger partial charge in [0.15, 0.2) is 0 Å². The Balaban J connectivity index is 0. The Bertz CT molecular complexity index is 296. The van der Waals surface area contributed by atoms with Gasteiger partial charge in [0.1, 0.15) is 0 Å². The van der Waals surface area contributed by atoms with E-state index in [1.807, 2.05) is 0 Å². The van der Waals surface area contributed by atoms with Gasteiger partial charge in [0.25, 0.3) is 0 Å². The molecule has 1 aliphatic rings. The van der Waals surface area contributed by atoms with Crippen LogP contribution in [0, 0.1) is 0 Å². The zero-order valence-electron chi connectivity index (χ0n) is 10.0. The molecule has 1 saturated heterocycles. The van der Waals surface area contributed by atoms with Crippen molar-refractivity contribution in [2.24, 2.45) is 0 Å². The van der Waals surface area contributed by atoms with E-state index in [1.54, 1.807) is 0 Å². The minimum Gasteiger partial charge on any atom is -0.323 e. The summed E-state index contributed by atoms with van der Waals surface area (Å²) in [6.07, 6.45) is 1.54. The van der Waals surface area contributed by atoms with Gasteiger partial charge in [-0.3, -0.25) is 14.4 Å². The molecule has 0 spiro atoms. The predicted molar refractivity (Wildman–Crippen MR) is 64.8 cm³/mol. The van der Waals surface area contributed by atoms with Crippen LogP contribution in [0.3, 0.4) is 0 Å². The molecule has 0 aromatic carbocycles. The molecule has 1 aliphatic heterocycles. The maximum absolute atomic E-state index is 11.2. The molecule has 0 saturated carbocycles. The Labute approximate surface area is 144 Å². The molecule has 0 unspecified atom stereocenters. The number of hydrogen-bond acceptors (Lipinski definition) is 3. The predicted octanol–water partition coefficient (Wildman–Crippen LogP) is -0.602. The fourth-order valence-corrected chi connectivity index (χ4v) is 4.61. The van der Waals surface area contributed by atoms with Crippen LogP contribution in [0.1, 0.15) is 25.7 Å². The van der Waals surface area contributed by atoms with E-state index in [2.05, 4.69) is 5.32 Å². The third-order valence-corrected chi connectivity index (χ3v) is 6.83. The van der Waals surface area contributed by atoms with E-state index >= 15 is 0 Å². The summed E-state index contributed by atoms with van der Waals surface area (Å²) >= 11 is 0. The van der Waals surface area contributed by atoms with Crippen LogP contribution in [0.5, 0.6) is 0 Å². The Morgan fingerprint density at radius 2 is 1.35 bits per heavy atom. The van der Waals surface area contributed by atoms with Gasteiger partial charge in [0, 0.05) is 59.1 Å². The van der Waals surface area contributed by atoms with Crippen molar-refractivity contribution in [2.45, 2.75) is 30.7 Å². The summed E-state index contributed by atoms with van der Waals surface area (Å²) < 4.78 is 22.5. The molecule has 2 radical (unpaired) electrons. The number of hydrogen-bond donors (Lipinski definition) is 5. The Morgan fingerprint density at radius 3 is 1.76 bits per heavy atom. The summed E-state index contributed by atoms with van der Waals surface area (Å²) in [5.74, 6) is 0. The zero-order valence-corrected chi connectivity index (χ0v) is 15.8. The van der Waals surface area contributed by atoms with Crippen molar-refractivity contribution in [3.05, 3.63) is 0 Å². The standard InChI is InChI=1S/C6H15NO6P2.2Na/c8-14(9,10)6(15(11,12)13)4-2-1-3-5-7-6;;/h7H,1-5H2,(H2,8,9,10)(H2,11,12,13);;. The van der Waals surface area contributed by atoms with Crippen LogP contribution in [0.15, 0.2) is 0 Å². The molecular weight excluding hydrogens is 290 g/mol. The Morgan fingerprint density at radius 1 is 0.882 bits per heavy atom. The maximum Gasteiger partial charge on any atom is 0.357 e. The molecule has 7 nitrogen and oxygen atoms in total. The average Bonchev–Trinajstić information content (AvgIpc) is 2.25. The van der Waals surface area contributed by atoms with Crippen LogP contribution in [-0.2, 0) is 9.13 Å². The van der Waals surface area contributed by atoms with Crippen molar-refractivity contribution >= 4 is 74.3 Å². The fraction of sp³-hybridized carbons (Fsp3) is 1.00. The normalized spacial score (nSPS) is 20.7. The second-order valence-corrected chi connectivity index (χ2v) is 7.70. The molecule has 17 heavy (non-hydrogen) atoms. The topological polar surface area (TPSA) is 127 Å². The minimum absolute atomic E-state index is 0. The van der Waals surface area contributed by atoms with Crippen LogP contribution < -0.4 is 5.32 Å². The van der Waals surface area contributed by atoms with Crippen molar-refractivity contribution in [1.82, 2.24) is 5.32 Å². The van der Waals surface area contributed by atoms with Gasteiger partial charge in [-0.25, -0.2) is 0 Å². The summed E-state index contributed by atoms with van der Waals surface area (Å²) in [5, 5.41) is -0.0297. The summed E-state index contributed by atoms with van der Waals surface area (Å²) in [6, 6.07) is 0. The summed E-state index contributed by atoms with van der Waals surface area (Å²) in [6.45, 7) is 0.205. The van der Waals surface area contributed by atoms with Gasteiger partial charge in [-0.1, -0.05) is 12.8 Å². The minimum atomic E-state index is -4.90. The third-order valence-electron chi connectivity index (χ3n) is 2.57. The molecule has 1 heterocycles. The third kappa shape index (κ3) is 4.94. The van der Waals surface area contributed by atoms with E-state index in [9.17, 15) is 9.13 Å². The van der Waals surface area contributed by atoms with E-state index in [1.165, 1.54) is 0 Å². The van der Waals surface area contributed by atoms with Gasteiger partial charge < -0.3 is 19.6 Å². The van der Waals surface area contributed by atoms with Gasteiger partial charge in [-0.2, -0.15) is 0 Å². The molecule has 1 fully saturated rings. The molecule has 1 rings (SSSR count). The molecule has 0 aromatic rings. The van der Waals surface area contributed by atoms with Crippen LogP contribution in [0.2, 0.25) is 0 Å². The van der Waals surface area contributed by atoms with Crippen molar-refractivity contribution in [3.8, 4) is 0 Å². The van der Waals surface area contributed by atoms with Crippen molar-refractivity contribution in [1.29, 1.82) is 0 Å². The van der Waals surface area contributed by atoms with Crippen molar-refractivity contribution in [3.63, 3.8) is 0 Å². The fourth-order valence-electron chi connectivity index (χ4n) is 1.72. The number of nitrogens with one attached hydrogen (secondary N) is 1. The average molecular weight is 305 g/mol. The first-order chi connectivity index (χ1) is 6.71. The van der Waals surface area contributed by atoms with E-state index in [0.717, 1.165) is 0 Å². The molecule has 11 heteroatoms. The van der Waals surface area contributed by atoms with Gasteiger partial charge in [0.2, 0.25) is 5.02 Å². The first kappa shape index (κ1) is 21.6. The van der Waals surface area contributed by atoms with Gasteiger partial charge >= 0.3 is 15.2 Å². The SMILES string of the molecule is O=P(O)(O)C1(P(=O)(O)O)CCCCCN1.[Na].[Na]. The van der Waals surface area contributed by atoms with E-state index < -0.39 is 20.2 Å². The van der Waals surface area contributed by atoms with E-state index in [0.29, 0.717) is 19.3 Å². The largest absolute Gasteiger partial charge is 0.357 e. The van der Waals surface area contributed by atoms with Crippen LogP contribution in [0.4, 0.5) is 0 Å². The van der Waals surface area contributed by atoms with Crippen molar-refractivity contribution in [2.75, 3.05) is 6.54 Å². The van der Waals surface area contributed by atoms with Crippen LogP contribution >= 0.6 is 15.2 Å². The molecule has 0 amide bonds. The molecule has 0 aliphatic carbocycles. The monoisotopic (exact) mass is 305 g/mol. The molecular formula is C6H15NNa2O6P2. The van der Waals surface area contributed by atoms with E-state index in [-0.39, 0.29) is 72.1 Å². The molecule has 0 bridgehead atoms. The maximum atomic E-state index is 11.2. The van der Waals surface area contributed by atoms with Gasteiger partial charge in [0.05, 0.1) is 0 Å². The Kier molecular flexibility index (Phi) is 10.0. The molecule has 0 atom stereocenters. The Hall–Kier alpha value is 2.26. The second-order valence-electron chi connectivity index (χ2n) is 3.64. The van der Waals surface area contributed by atoms with Crippen LogP contribution in [-0.4, -0.2) is 90.3 Å². The second kappa shape index (κ2) is 7.89. The summed E-state index contributed by atoms with van der Waals surface area (Å²) in [4.78, 5) is 36.4. The first-order valence-electron chi connectivity index (χ1n) is 4.57. The first-order valence-corrected chi connectivity index (χ1v) is 7.79. The van der Waals surface area contributed by atoms with Gasteiger partial charge in [-0.05, 0) is 19.4 Å². The van der Waals surface area contributed by atoms with E-state index in [4.69, 9.17) is 19.6 Å². The summed E-state index contributed by atoms with van der Waals surface area (Å²) in [7, 11) is -9.79. The van der Waals surface area contributed by atoms with Gasteiger partial charge in [-0.15, -0.1) is 0 Å². The quantitative estimate of drug-likeness (QED) is 0.340. The number of rotatable bonds is 2. The molecule has 92 valence electrons.